The van der Waals surface area contributed by atoms with Gasteiger partial charge in [-0.25, -0.2) is 14.8 Å². The molecule has 0 aromatic carbocycles. The van der Waals surface area contributed by atoms with Crippen LogP contribution < -0.4 is 10.2 Å². The molecular formula is C23H33ClN6O. The highest BCUT2D eigenvalue weighted by Crippen LogP contribution is 2.27. The number of anilines is 2. The molecule has 2 amide bonds. The van der Waals surface area contributed by atoms with E-state index in [1.54, 1.807) is 11.1 Å². The number of nitrogens with one attached hydrogen (secondary N) is 1. The van der Waals surface area contributed by atoms with Crippen molar-refractivity contribution in [1.82, 2.24) is 19.4 Å². The number of pyridine rings is 1. The molecule has 0 spiro atoms. The Morgan fingerprint density at radius 3 is 2.55 bits per heavy atom. The first-order valence-corrected chi connectivity index (χ1v) is 11.1. The van der Waals surface area contributed by atoms with Gasteiger partial charge < -0.3 is 14.4 Å². The van der Waals surface area contributed by atoms with E-state index < -0.39 is 0 Å². The Bertz CT molecular complexity index is 953. The van der Waals surface area contributed by atoms with Gasteiger partial charge in [0.15, 0.2) is 0 Å². The van der Waals surface area contributed by atoms with Gasteiger partial charge in [0, 0.05) is 45.1 Å². The number of imidazole rings is 1. The molecule has 31 heavy (non-hydrogen) atoms. The third-order valence-electron chi connectivity index (χ3n) is 6.15. The number of halogens is 1. The van der Waals surface area contributed by atoms with Gasteiger partial charge in [-0.1, -0.05) is 45.4 Å². The van der Waals surface area contributed by atoms with Crippen molar-refractivity contribution in [2.75, 3.05) is 36.4 Å². The van der Waals surface area contributed by atoms with Gasteiger partial charge in [0.1, 0.15) is 5.82 Å². The molecule has 1 unspecified atom stereocenters. The lowest BCUT2D eigenvalue weighted by Crippen LogP contribution is -2.50. The number of carbonyl (C=O) groups is 1. The Morgan fingerprint density at radius 1 is 1.26 bits per heavy atom. The molecule has 1 saturated heterocycles. The van der Waals surface area contributed by atoms with E-state index in [9.17, 15) is 4.79 Å². The van der Waals surface area contributed by atoms with E-state index in [4.69, 9.17) is 11.6 Å². The van der Waals surface area contributed by atoms with Crippen LogP contribution in [0.25, 0.3) is 6.08 Å². The summed E-state index contributed by atoms with van der Waals surface area (Å²) < 4.78 is 1.92. The highest BCUT2D eigenvalue weighted by atomic mass is 35.5. The lowest BCUT2D eigenvalue weighted by molar-refractivity contribution is 0.208. The van der Waals surface area contributed by atoms with E-state index in [0.29, 0.717) is 43.1 Å². The highest BCUT2D eigenvalue weighted by molar-refractivity contribution is 6.32. The lowest BCUT2D eigenvalue weighted by atomic mass is 9.82. The van der Waals surface area contributed by atoms with E-state index in [0.717, 1.165) is 17.2 Å². The van der Waals surface area contributed by atoms with Crippen LogP contribution >= 0.6 is 11.6 Å². The topological polar surface area (TPSA) is 66.3 Å². The summed E-state index contributed by atoms with van der Waals surface area (Å²) in [6, 6.07) is 3.51. The van der Waals surface area contributed by atoms with E-state index in [1.807, 2.05) is 30.7 Å². The predicted octanol–water partition coefficient (Wildman–Crippen LogP) is 4.83. The monoisotopic (exact) mass is 444 g/mol. The Morgan fingerprint density at radius 2 is 1.94 bits per heavy atom. The maximum Gasteiger partial charge on any atom is 0.324 e. The van der Waals surface area contributed by atoms with Crippen LogP contribution in [0.15, 0.2) is 24.4 Å². The fourth-order valence-electron chi connectivity index (χ4n) is 3.30. The molecule has 1 fully saturated rings. The number of piperazine rings is 1. The van der Waals surface area contributed by atoms with E-state index in [1.165, 1.54) is 0 Å². The van der Waals surface area contributed by atoms with Crippen LogP contribution in [0.5, 0.6) is 0 Å². The molecule has 0 bridgehead atoms. The summed E-state index contributed by atoms with van der Waals surface area (Å²) in [5.41, 5.74) is 2.09. The largest absolute Gasteiger partial charge is 0.352 e. The van der Waals surface area contributed by atoms with Crippen molar-refractivity contribution in [2.24, 2.45) is 18.4 Å². The summed E-state index contributed by atoms with van der Waals surface area (Å²) in [7, 11) is 1.92. The van der Waals surface area contributed by atoms with Crippen molar-refractivity contribution >= 4 is 35.5 Å². The third kappa shape index (κ3) is 5.39. The van der Waals surface area contributed by atoms with Crippen LogP contribution in [0.2, 0.25) is 5.02 Å². The van der Waals surface area contributed by atoms with Gasteiger partial charge in [0.2, 0.25) is 5.95 Å². The van der Waals surface area contributed by atoms with Crippen molar-refractivity contribution in [3.05, 3.63) is 40.8 Å². The van der Waals surface area contributed by atoms with Crippen LogP contribution in [-0.2, 0) is 7.05 Å². The minimum Gasteiger partial charge on any atom is -0.352 e. The molecule has 0 aliphatic carbocycles. The average Bonchev–Trinajstić information content (AvgIpc) is 2.99. The van der Waals surface area contributed by atoms with Crippen molar-refractivity contribution in [2.45, 2.75) is 34.6 Å². The summed E-state index contributed by atoms with van der Waals surface area (Å²) >= 11 is 6.25. The second kappa shape index (κ2) is 9.30. The summed E-state index contributed by atoms with van der Waals surface area (Å²) in [5, 5.41) is 3.60. The first kappa shape index (κ1) is 23.1. The van der Waals surface area contributed by atoms with Gasteiger partial charge in [0.25, 0.3) is 0 Å². The van der Waals surface area contributed by atoms with E-state index in [2.05, 4.69) is 60.0 Å². The van der Waals surface area contributed by atoms with Gasteiger partial charge in [-0.2, -0.15) is 0 Å². The first-order valence-electron chi connectivity index (χ1n) is 10.7. The Hall–Kier alpha value is -2.54. The van der Waals surface area contributed by atoms with E-state index >= 15 is 0 Å². The molecule has 1 N–H and O–H groups in total. The summed E-state index contributed by atoms with van der Waals surface area (Å²) in [6.45, 7) is 13.4. The number of carbonyl (C=O) groups excluding carboxylic acids is 1. The van der Waals surface area contributed by atoms with Crippen molar-refractivity contribution in [3.63, 3.8) is 0 Å². The number of urea groups is 1. The van der Waals surface area contributed by atoms with Crippen LogP contribution in [0.3, 0.4) is 0 Å². The molecule has 1 aliphatic heterocycles. The minimum absolute atomic E-state index is 0.140. The SMILES string of the molecule is Cc1c(/C=C\C(C)C(C)(C)C)nc(NC(=O)N2CCN(c3ncccc3Cl)CC2)n1C. The number of nitrogens with zero attached hydrogens (tertiary/aromatic N) is 5. The first-order chi connectivity index (χ1) is 14.6. The second-order valence-electron chi connectivity index (χ2n) is 9.19. The van der Waals surface area contributed by atoms with Gasteiger partial charge in [-0.15, -0.1) is 0 Å². The maximum absolute atomic E-state index is 12.8. The fourth-order valence-corrected chi connectivity index (χ4v) is 3.54. The van der Waals surface area contributed by atoms with Gasteiger partial charge in [-0.05, 0) is 36.5 Å². The van der Waals surface area contributed by atoms with Gasteiger partial charge in [-0.3, -0.25) is 5.32 Å². The predicted molar refractivity (Wildman–Crippen MR) is 128 cm³/mol. The summed E-state index contributed by atoms with van der Waals surface area (Å²) in [4.78, 5) is 25.8. The quantitative estimate of drug-likeness (QED) is 0.733. The molecule has 2 aromatic heterocycles. The average molecular weight is 445 g/mol. The van der Waals surface area contributed by atoms with Crippen molar-refractivity contribution in [3.8, 4) is 0 Å². The molecule has 2 aromatic rings. The molecule has 1 aliphatic rings. The summed E-state index contributed by atoms with van der Waals surface area (Å²) in [6.07, 6.45) is 5.97. The Balaban J connectivity index is 1.62. The number of amides is 2. The van der Waals surface area contributed by atoms with Crippen molar-refractivity contribution < 1.29 is 4.79 Å². The standard InChI is InChI=1S/C23H33ClN6O/c1-16(23(3,4)5)9-10-19-17(2)28(6)21(26-19)27-22(31)30-14-12-29(13-15-30)20-18(24)8-7-11-25-20/h7-11,16H,12-15H2,1-6H3,(H,26,27,31)/b10-9-. The number of allylic oxidation sites excluding steroid dienone is 1. The molecule has 1 atom stereocenters. The maximum atomic E-state index is 12.8. The van der Waals surface area contributed by atoms with Crippen molar-refractivity contribution in [1.29, 1.82) is 0 Å². The third-order valence-corrected chi connectivity index (χ3v) is 6.45. The zero-order valence-electron chi connectivity index (χ0n) is 19.3. The molecule has 7 nitrogen and oxygen atoms in total. The molecule has 0 saturated carbocycles. The van der Waals surface area contributed by atoms with Gasteiger partial charge >= 0.3 is 6.03 Å². The smallest absolute Gasteiger partial charge is 0.324 e. The number of hydrogen-bond acceptors (Lipinski definition) is 4. The number of aromatic nitrogens is 3. The van der Waals surface area contributed by atoms with Crippen LogP contribution in [0, 0.1) is 18.3 Å². The second-order valence-corrected chi connectivity index (χ2v) is 9.60. The van der Waals surface area contributed by atoms with Crippen LogP contribution in [-0.4, -0.2) is 51.6 Å². The molecule has 8 heteroatoms. The normalized spacial score (nSPS) is 16.1. The Kier molecular flexibility index (Phi) is 6.94. The molecule has 0 radical (unpaired) electrons. The van der Waals surface area contributed by atoms with Crippen LogP contribution in [0.4, 0.5) is 16.6 Å². The molecule has 3 heterocycles. The fraction of sp³-hybridized carbons (Fsp3) is 0.522. The van der Waals surface area contributed by atoms with Gasteiger partial charge in [0.05, 0.1) is 10.7 Å². The zero-order valence-corrected chi connectivity index (χ0v) is 20.1. The van der Waals surface area contributed by atoms with Crippen LogP contribution in [0.1, 0.15) is 39.1 Å². The lowest BCUT2D eigenvalue weighted by Gasteiger charge is -2.35. The zero-order chi connectivity index (χ0) is 22.8. The van der Waals surface area contributed by atoms with E-state index in [-0.39, 0.29) is 11.4 Å². The molecule has 3 rings (SSSR count). The molecular weight excluding hydrogens is 412 g/mol. The highest BCUT2D eigenvalue weighted by Gasteiger charge is 2.24. The Labute approximate surface area is 190 Å². The summed E-state index contributed by atoms with van der Waals surface area (Å²) in [5.74, 6) is 1.74. The number of hydrogen-bond donors (Lipinski definition) is 1. The number of rotatable bonds is 4. The minimum atomic E-state index is -0.140. The molecule has 168 valence electrons.